The smallest absolute Gasteiger partial charge is 0.246 e. The number of rotatable bonds is 3. The summed E-state index contributed by atoms with van der Waals surface area (Å²) in [5, 5.41) is 0. The van der Waals surface area contributed by atoms with Crippen molar-refractivity contribution in [2.75, 3.05) is 37.4 Å². The Bertz CT molecular complexity index is 591. The summed E-state index contributed by atoms with van der Waals surface area (Å²) in [6, 6.07) is 4.45. The summed E-state index contributed by atoms with van der Waals surface area (Å²) in [6.07, 6.45) is 0. The molecule has 0 unspecified atom stereocenters. The van der Waals surface area contributed by atoms with Crippen molar-refractivity contribution in [3.05, 3.63) is 18.2 Å². The van der Waals surface area contributed by atoms with Crippen LogP contribution in [0.1, 0.15) is 0 Å². The lowest BCUT2D eigenvalue weighted by molar-refractivity contribution is 0.395. The number of ether oxygens (including phenoxy) is 1. The van der Waals surface area contributed by atoms with Gasteiger partial charge in [0, 0.05) is 47.1 Å². The summed E-state index contributed by atoms with van der Waals surface area (Å²) in [7, 11) is -3.15. The van der Waals surface area contributed by atoms with Crippen LogP contribution in [-0.4, -0.2) is 48.6 Å². The maximum absolute atomic E-state index is 12.5. The van der Waals surface area contributed by atoms with E-state index in [0.29, 0.717) is 17.2 Å². The molecule has 6 nitrogen and oxygen atoms in total. The minimum Gasteiger partial charge on any atom is -0.495 e. The lowest BCUT2D eigenvalue weighted by Gasteiger charge is -2.26. The second kappa shape index (κ2) is 5.48. The van der Waals surface area contributed by atoms with E-state index in [1.54, 1.807) is 0 Å². The first-order valence-electron chi connectivity index (χ1n) is 5.74. The average Bonchev–Trinajstić information content (AvgIpc) is 2.38. The number of nitrogens with zero attached hydrogens (tertiary/aromatic N) is 1. The van der Waals surface area contributed by atoms with E-state index in [1.165, 1.54) is 29.6 Å². The maximum Gasteiger partial charge on any atom is 0.246 e. The second-order valence-corrected chi connectivity index (χ2v) is 7.76. The molecule has 1 aromatic carbocycles. The largest absolute Gasteiger partial charge is 0.495 e. The van der Waals surface area contributed by atoms with E-state index in [2.05, 4.69) is 0 Å². The molecule has 0 aliphatic carbocycles. The van der Waals surface area contributed by atoms with Crippen LogP contribution in [0.2, 0.25) is 0 Å². The fourth-order valence-electron chi connectivity index (χ4n) is 1.90. The molecule has 1 fully saturated rings. The highest BCUT2D eigenvalue weighted by Crippen LogP contribution is 2.29. The quantitative estimate of drug-likeness (QED) is 0.796. The second-order valence-electron chi connectivity index (χ2n) is 4.16. The molecule has 0 radical (unpaired) electrons. The molecule has 0 atom stereocenters. The SMILES string of the molecule is COc1cc(N)ccc1S(=O)(=O)N1CCS(=O)CC1. The van der Waals surface area contributed by atoms with Gasteiger partial charge in [-0.15, -0.1) is 0 Å². The highest BCUT2D eigenvalue weighted by Gasteiger charge is 2.30. The highest BCUT2D eigenvalue weighted by atomic mass is 32.2. The van der Waals surface area contributed by atoms with E-state index in [4.69, 9.17) is 10.5 Å². The Balaban J connectivity index is 2.37. The minimum atomic E-state index is -3.63. The Labute approximate surface area is 115 Å². The van der Waals surface area contributed by atoms with Crippen molar-refractivity contribution < 1.29 is 17.4 Å². The van der Waals surface area contributed by atoms with Crippen molar-refractivity contribution in [3.8, 4) is 5.75 Å². The summed E-state index contributed by atoms with van der Waals surface area (Å²) >= 11 is 0. The molecule has 1 aliphatic heterocycles. The summed E-state index contributed by atoms with van der Waals surface area (Å²) in [4.78, 5) is 0.0943. The van der Waals surface area contributed by atoms with Gasteiger partial charge in [-0.05, 0) is 12.1 Å². The molecule has 0 spiro atoms. The zero-order valence-corrected chi connectivity index (χ0v) is 12.2. The number of nitrogen functional groups attached to an aromatic ring is 1. The van der Waals surface area contributed by atoms with E-state index >= 15 is 0 Å². The van der Waals surface area contributed by atoms with Gasteiger partial charge in [-0.2, -0.15) is 4.31 Å². The molecule has 0 amide bonds. The Kier molecular flexibility index (Phi) is 4.12. The lowest BCUT2D eigenvalue weighted by atomic mass is 10.3. The van der Waals surface area contributed by atoms with Crippen LogP contribution in [0.25, 0.3) is 0 Å². The molecular weight excluding hydrogens is 288 g/mol. The fraction of sp³-hybridized carbons (Fsp3) is 0.455. The zero-order valence-electron chi connectivity index (χ0n) is 10.5. The van der Waals surface area contributed by atoms with Gasteiger partial charge in [-0.25, -0.2) is 8.42 Å². The van der Waals surface area contributed by atoms with Crippen LogP contribution in [0, 0.1) is 0 Å². The first-order chi connectivity index (χ1) is 8.95. The number of nitrogens with two attached hydrogens (primary N) is 1. The van der Waals surface area contributed by atoms with Crippen LogP contribution in [-0.2, 0) is 20.8 Å². The molecule has 1 heterocycles. The van der Waals surface area contributed by atoms with Crippen LogP contribution < -0.4 is 10.5 Å². The van der Waals surface area contributed by atoms with Crippen molar-refractivity contribution in [1.82, 2.24) is 4.31 Å². The van der Waals surface area contributed by atoms with Gasteiger partial charge in [0.2, 0.25) is 10.0 Å². The summed E-state index contributed by atoms with van der Waals surface area (Å²) in [5.74, 6) is 0.972. The normalized spacial score (nSPS) is 18.4. The lowest BCUT2D eigenvalue weighted by Crippen LogP contribution is -2.41. The average molecular weight is 304 g/mol. The van der Waals surface area contributed by atoms with Crippen LogP contribution >= 0.6 is 0 Å². The zero-order chi connectivity index (χ0) is 14.0. The first-order valence-corrected chi connectivity index (χ1v) is 8.66. The molecule has 1 saturated heterocycles. The van der Waals surface area contributed by atoms with E-state index in [-0.39, 0.29) is 23.7 Å². The van der Waals surface area contributed by atoms with Gasteiger partial charge >= 0.3 is 0 Å². The van der Waals surface area contributed by atoms with Crippen LogP contribution in [0.4, 0.5) is 5.69 Å². The third kappa shape index (κ3) is 2.90. The molecule has 0 saturated carbocycles. The fourth-order valence-corrected chi connectivity index (χ4v) is 4.76. The Morgan fingerprint density at radius 2 is 1.95 bits per heavy atom. The van der Waals surface area contributed by atoms with Gasteiger partial charge in [0.1, 0.15) is 10.6 Å². The molecule has 19 heavy (non-hydrogen) atoms. The van der Waals surface area contributed by atoms with E-state index in [0.717, 1.165) is 0 Å². The Hall–Kier alpha value is -1.12. The number of hydrogen-bond donors (Lipinski definition) is 1. The van der Waals surface area contributed by atoms with Crippen molar-refractivity contribution in [3.63, 3.8) is 0 Å². The molecular formula is C11H16N2O4S2. The maximum atomic E-state index is 12.5. The van der Waals surface area contributed by atoms with Crippen molar-refractivity contribution in [2.45, 2.75) is 4.90 Å². The van der Waals surface area contributed by atoms with Gasteiger partial charge in [-0.3, -0.25) is 4.21 Å². The molecule has 1 aromatic rings. The number of methoxy groups -OCH3 is 1. The monoisotopic (exact) mass is 304 g/mol. The van der Waals surface area contributed by atoms with Gasteiger partial charge in [0.05, 0.1) is 7.11 Å². The summed E-state index contributed by atoms with van der Waals surface area (Å²) in [5.41, 5.74) is 6.05. The first kappa shape index (κ1) is 14.3. The van der Waals surface area contributed by atoms with Gasteiger partial charge in [-0.1, -0.05) is 0 Å². The molecule has 0 aromatic heterocycles. The molecule has 8 heteroatoms. The molecule has 1 aliphatic rings. The topological polar surface area (TPSA) is 89.7 Å². The van der Waals surface area contributed by atoms with Crippen molar-refractivity contribution in [1.29, 1.82) is 0 Å². The number of benzene rings is 1. The highest BCUT2D eigenvalue weighted by molar-refractivity contribution is 7.89. The molecule has 2 rings (SSSR count). The third-order valence-electron chi connectivity index (χ3n) is 2.94. The van der Waals surface area contributed by atoms with Crippen LogP contribution in [0.5, 0.6) is 5.75 Å². The molecule has 0 bridgehead atoms. The standard InChI is InChI=1S/C11H16N2O4S2/c1-17-10-8-9(12)2-3-11(10)19(15,16)13-4-6-18(14)7-5-13/h2-3,8H,4-7,12H2,1H3. The van der Waals surface area contributed by atoms with Gasteiger partial charge < -0.3 is 10.5 Å². The van der Waals surface area contributed by atoms with E-state index < -0.39 is 20.8 Å². The summed E-state index contributed by atoms with van der Waals surface area (Å²) in [6.45, 7) is 0.533. The molecule has 106 valence electrons. The number of anilines is 1. The third-order valence-corrected chi connectivity index (χ3v) is 6.16. The predicted octanol–water partition coefficient (Wildman–Crippen LogP) is 0.0304. The van der Waals surface area contributed by atoms with Gasteiger partial charge in [0.25, 0.3) is 0 Å². The van der Waals surface area contributed by atoms with Gasteiger partial charge in [0.15, 0.2) is 0 Å². The Morgan fingerprint density at radius 3 is 2.53 bits per heavy atom. The summed E-state index contributed by atoms with van der Waals surface area (Å²) < 4.78 is 42.7. The Morgan fingerprint density at radius 1 is 1.32 bits per heavy atom. The molecule has 2 N–H and O–H groups in total. The number of sulfonamides is 1. The van der Waals surface area contributed by atoms with Crippen LogP contribution in [0.3, 0.4) is 0 Å². The minimum absolute atomic E-state index is 0.0943. The van der Waals surface area contributed by atoms with Crippen LogP contribution in [0.15, 0.2) is 23.1 Å². The van der Waals surface area contributed by atoms with E-state index in [9.17, 15) is 12.6 Å². The van der Waals surface area contributed by atoms with Crippen molar-refractivity contribution in [2.24, 2.45) is 0 Å². The van der Waals surface area contributed by atoms with Crippen molar-refractivity contribution >= 4 is 26.5 Å². The van der Waals surface area contributed by atoms with E-state index in [1.807, 2.05) is 0 Å². The number of hydrogen-bond acceptors (Lipinski definition) is 5. The predicted molar refractivity (Wildman–Crippen MR) is 74.0 cm³/mol.